The summed E-state index contributed by atoms with van der Waals surface area (Å²) in [6.45, 7) is 3.54. The van der Waals surface area contributed by atoms with Gasteiger partial charge in [-0.1, -0.05) is 6.42 Å². The van der Waals surface area contributed by atoms with Gasteiger partial charge in [0, 0.05) is 24.4 Å². The van der Waals surface area contributed by atoms with Gasteiger partial charge in [0.2, 0.25) is 0 Å². The van der Waals surface area contributed by atoms with E-state index in [2.05, 4.69) is 33.4 Å². The second-order valence-electron chi connectivity index (χ2n) is 5.83. The van der Waals surface area contributed by atoms with Gasteiger partial charge in [-0.05, 0) is 45.8 Å². The van der Waals surface area contributed by atoms with Crippen LogP contribution in [0.1, 0.15) is 55.6 Å². The van der Waals surface area contributed by atoms with Crippen molar-refractivity contribution in [1.82, 2.24) is 20.2 Å². The van der Waals surface area contributed by atoms with Gasteiger partial charge in [-0.25, -0.2) is 4.98 Å². The molecule has 2 N–H and O–H groups in total. The average molecular weight is 248 g/mol. The molecule has 2 aliphatic rings. The zero-order chi connectivity index (χ0) is 12.4. The summed E-state index contributed by atoms with van der Waals surface area (Å²) in [4.78, 5) is 10.6. The summed E-state index contributed by atoms with van der Waals surface area (Å²) < 4.78 is 0. The third-order valence-corrected chi connectivity index (χ3v) is 4.32. The van der Waals surface area contributed by atoms with E-state index in [9.17, 15) is 0 Å². The number of likely N-dealkylation sites (N-methyl/N-ethyl adjacent to an activating group) is 1. The summed E-state index contributed by atoms with van der Waals surface area (Å²) in [5.41, 5.74) is 1.34. The molecule has 1 aromatic rings. The van der Waals surface area contributed by atoms with E-state index in [1.54, 1.807) is 0 Å². The average Bonchev–Trinajstić information content (AvgIpc) is 2.89. The van der Waals surface area contributed by atoms with Crippen LogP contribution in [0.15, 0.2) is 6.20 Å². The molecule has 2 fully saturated rings. The van der Waals surface area contributed by atoms with Crippen molar-refractivity contribution in [2.24, 2.45) is 0 Å². The summed E-state index contributed by atoms with van der Waals surface area (Å²) in [5, 5.41) is 3.56. The molecule has 4 heteroatoms. The summed E-state index contributed by atoms with van der Waals surface area (Å²) in [7, 11) is 2.21. The predicted octanol–water partition coefficient (Wildman–Crippen LogP) is 2.03. The first kappa shape index (κ1) is 12.2. The van der Waals surface area contributed by atoms with E-state index in [1.807, 2.05) is 0 Å². The van der Waals surface area contributed by atoms with Gasteiger partial charge in [-0.3, -0.25) is 0 Å². The fourth-order valence-corrected chi connectivity index (χ4v) is 3.24. The van der Waals surface area contributed by atoms with Crippen molar-refractivity contribution < 1.29 is 0 Å². The number of rotatable bonds is 2. The summed E-state index contributed by atoms with van der Waals surface area (Å²) in [6.07, 6.45) is 8.51. The normalized spacial score (nSPS) is 30.5. The second kappa shape index (κ2) is 5.41. The SMILES string of the molecule is CN1CCCC(c2cnc(C3CCCCN3)[nH]2)C1. The number of aromatic amines is 1. The van der Waals surface area contributed by atoms with Gasteiger partial charge >= 0.3 is 0 Å². The molecule has 0 amide bonds. The smallest absolute Gasteiger partial charge is 0.123 e. The number of likely N-dealkylation sites (tertiary alicyclic amines) is 1. The van der Waals surface area contributed by atoms with Crippen LogP contribution in [-0.4, -0.2) is 41.5 Å². The third kappa shape index (κ3) is 2.59. The molecule has 3 heterocycles. The van der Waals surface area contributed by atoms with Crippen molar-refractivity contribution in [3.05, 3.63) is 17.7 Å². The van der Waals surface area contributed by atoms with Crippen molar-refractivity contribution in [3.63, 3.8) is 0 Å². The summed E-state index contributed by atoms with van der Waals surface area (Å²) in [6, 6.07) is 0.453. The van der Waals surface area contributed by atoms with E-state index in [4.69, 9.17) is 0 Å². The topological polar surface area (TPSA) is 44.0 Å². The third-order valence-electron chi connectivity index (χ3n) is 4.32. The Hall–Kier alpha value is -0.870. The van der Waals surface area contributed by atoms with E-state index in [1.165, 1.54) is 50.9 Å². The number of aromatic nitrogens is 2. The number of nitrogens with zero attached hydrogens (tertiary/aromatic N) is 2. The molecule has 0 aliphatic carbocycles. The lowest BCUT2D eigenvalue weighted by molar-refractivity contribution is 0.248. The van der Waals surface area contributed by atoms with Gasteiger partial charge in [0.1, 0.15) is 5.82 Å². The molecule has 2 unspecified atom stereocenters. The molecule has 18 heavy (non-hydrogen) atoms. The molecular weight excluding hydrogens is 224 g/mol. The van der Waals surface area contributed by atoms with Crippen LogP contribution in [0, 0.1) is 0 Å². The van der Waals surface area contributed by atoms with Gasteiger partial charge < -0.3 is 15.2 Å². The van der Waals surface area contributed by atoms with Gasteiger partial charge in [0.05, 0.1) is 6.04 Å². The number of piperidine rings is 2. The highest BCUT2D eigenvalue weighted by atomic mass is 15.1. The predicted molar refractivity (Wildman–Crippen MR) is 72.7 cm³/mol. The second-order valence-corrected chi connectivity index (χ2v) is 5.83. The number of nitrogens with one attached hydrogen (secondary N) is 2. The highest BCUT2D eigenvalue weighted by Crippen LogP contribution is 2.27. The maximum atomic E-state index is 4.60. The highest BCUT2D eigenvalue weighted by molar-refractivity contribution is 5.11. The first-order valence-electron chi connectivity index (χ1n) is 7.29. The molecule has 2 saturated heterocycles. The molecule has 0 bridgehead atoms. The monoisotopic (exact) mass is 248 g/mol. The van der Waals surface area contributed by atoms with Crippen LogP contribution in [-0.2, 0) is 0 Å². The van der Waals surface area contributed by atoms with Gasteiger partial charge in [-0.15, -0.1) is 0 Å². The van der Waals surface area contributed by atoms with Crippen molar-refractivity contribution in [1.29, 1.82) is 0 Å². The Labute approximate surface area is 109 Å². The molecule has 2 aliphatic heterocycles. The molecule has 0 spiro atoms. The standard InChI is InChI=1S/C14H24N4/c1-18-8-4-5-11(10-18)13-9-16-14(17-13)12-6-2-3-7-15-12/h9,11-12,15H,2-8,10H2,1H3,(H,16,17). The Bertz CT molecular complexity index is 381. The zero-order valence-electron chi connectivity index (χ0n) is 11.3. The molecule has 2 atom stereocenters. The van der Waals surface area contributed by atoms with Crippen molar-refractivity contribution in [2.45, 2.75) is 44.1 Å². The first-order chi connectivity index (χ1) is 8.83. The van der Waals surface area contributed by atoms with Crippen LogP contribution in [0.2, 0.25) is 0 Å². The molecule has 1 aromatic heterocycles. The highest BCUT2D eigenvalue weighted by Gasteiger charge is 2.23. The van der Waals surface area contributed by atoms with Crippen LogP contribution in [0.25, 0.3) is 0 Å². The van der Waals surface area contributed by atoms with Crippen LogP contribution in [0.3, 0.4) is 0 Å². The molecule has 0 radical (unpaired) electrons. The lowest BCUT2D eigenvalue weighted by atomic mass is 9.96. The number of H-pyrrole nitrogens is 1. The Kier molecular flexibility index (Phi) is 3.66. The van der Waals surface area contributed by atoms with Crippen LogP contribution >= 0.6 is 0 Å². The van der Waals surface area contributed by atoms with E-state index in [0.29, 0.717) is 12.0 Å². The first-order valence-corrected chi connectivity index (χ1v) is 7.29. The Balaban J connectivity index is 1.68. The number of hydrogen-bond donors (Lipinski definition) is 2. The molecule has 100 valence electrons. The van der Waals surface area contributed by atoms with Gasteiger partial charge in [-0.2, -0.15) is 0 Å². The van der Waals surface area contributed by atoms with Crippen LogP contribution < -0.4 is 5.32 Å². The van der Waals surface area contributed by atoms with Crippen molar-refractivity contribution in [2.75, 3.05) is 26.7 Å². The van der Waals surface area contributed by atoms with E-state index < -0.39 is 0 Å². The van der Waals surface area contributed by atoms with Crippen molar-refractivity contribution in [3.8, 4) is 0 Å². The molecule has 0 saturated carbocycles. The molecular formula is C14H24N4. The maximum Gasteiger partial charge on any atom is 0.123 e. The lowest BCUT2D eigenvalue weighted by Crippen LogP contribution is -2.31. The number of hydrogen-bond acceptors (Lipinski definition) is 3. The van der Waals surface area contributed by atoms with Gasteiger partial charge in [0.15, 0.2) is 0 Å². The number of imidazole rings is 1. The Morgan fingerprint density at radius 3 is 3.00 bits per heavy atom. The van der Waals surface area contributed by atoms with Crippen LogP contribution in [0.4, 0.5) is 0 Å². The Morgan fingerprint density at radius 2 is 2.22 bits per heavy atom. The minimum Gasteiger partial charge on any atom is -0.344 e. The van der Waals surface area contributed by atoms with Crippen molar-refractivity contribution >= 4 is 0 Å². The van der Waals surface area contributed by atoms with E-state index >= 15 is 0 Å². The quantitative estimate of drug-likeness (QED) is 0.841. The minimum absolute atomic E-state index is 0.453. The van der Waals surface area contributed by atoms with E-state index in [0.717, 1.165) is 12.4 Å². The zero-order valence-corrected chi connectivity index (χ0v) is 11.3. The fourth-order valence-electron chi connectivity index (χ4n) is 3.24. The summed E-state index contributed by atoms with van der Waals surface area (Å²) >= 11 is 0. The van der Waals surface area contributed by atoms with Gasteiger partial charge in [0.25, 0.3) is 0 Å². The largest absolute Gasteiger partial charge is 0.344 e. The molecule has 0 aromatic carbocycles. The Morgan fingerprint density at radius 1 is 1.28 bits per heavy atom. The summed E-state index contributed by atoms with van der Waals surface area (Å²) in [5.74, 6) is 1.80. The minimum atomic E-state index is 0.453. The fraction of sp³-hybridized carbons (Fsp3) is 0.786. The lowest BCUT2D eigenvalue weighted by Gasteiger charge is -2.29. The van der Waals surface area contributed by atoms with E-state index in [-0.39, 0.29) is 0 Å². The molecule has 4 nitrogen and oxygen atoms in total. The van der Waals surface area contributed by atoms with Crippen LogP contribution in [0.5, 0.6) is 0 Å². The maximum absolute atomic E-state index is 4.60. The molecule has 3 rings (SSSR count).